The van der Waals surface area contributed by atoms with Gasteiger partial charge in [-0.15, -0.1) is 0 Å². The first-order chi connectivity index (χ1) is 13.6. The molecule has 2 amide bonds. The van der Waals surface area contributed by atoms with Crippen LogP contribution in [0.2, 0.25) is 0 Å². The van der Waals surface area contributed by atoms with Gasteiger partial charge in [-0.2, -0.15) is 0 Å². The van der Waals surface area contributed by atoms with Gasteiger partial charge in [0.2, 0.25) is 0 Å². The van der Waals surface area contributed by atoms with E-state index in [1.54, 1.807) is 13.2 Å². The predicted molar refractivity (Wildman–Crippen MR) is 116 cm³/mol. The van der Waals surface area contributed by atoms with Gasteiger partial charge in [0.05, 0.1) is 12.0 Å². The number of ether oxygens (including phenoxy) is 1. The zero-order valence-electron chi connectivity index (χ0n) is 15.9. The average molecular weight is 420 g/mol. The van der Waals surface area contributed by atoms with E-state index in [2.05, 4.69) is 10.6 Å². The summed E-state index contributed by atoms with van der Waals surface area (Å²) in [4.78, 5) is 26.4. The van der Waals surface area contributed by atoms with E-state index in [0.29, 0.717) is 22.6 Å². The van der Waals surface area contributed by atoms with Gasteiger partial charge in [0, 0.05) is 19.1 Å². The first-order valence-corrected chi connectivity index (χ1v) is 10.7. The molecule has 2 fully saturated rings. The lowest BCUT2D eigenvalue weighted by atomic mass is 9.96. The lowest BCUT2D eigenvalue weighted by Crippen LogP contribution is -2.45. The Labute approximate surface area is 175 Å². The number of benzene rings is 1. The maximum Gasteiger partial charge on any atom is 0.293 e. The van der Waals surface area contributed by atoms with E-state index in [-0.39, 0.29) is 17.7 Å². The number of imide groups is 1. The predicted octanol–water partition coefficient (Wildman–Crippen LogP) is 3.53. The minimum Gasteiger partial charge on any atom is -0.497 e. The summed E-state index contributed by atoms with van der Waals surface area (Å²) in [6, 6.07) is 7.77. The van der Waals surface area contributed by atoms with Crippen LogP contribution in [0.4, 0.5) is 4.79 Å². The third-order valence-electron chi connectivity index (χ3n) is 4.85. The molecule has 1 aromatic carbocycles. The van der Waals surface area contributed by atoms with Crippen LogP contribution >= 0.6 is 24.0 Å². The van der Waals surface area contributed by atoms with E-state index in [1.165, 1.54) is 24.2 Å². The van der Waals surface area contributed by atoms with Crippen LogP contribution in [-0.2, 0) is 4.79 Å². The molecule has 8 heteroatoms. The van der Waals surface area contributed by atoms with Crippen molar-refractivity contribution in [2.45, 2.75) is 38.1 Å². The number of thiocarbonyl (C=S) groups is 1. The number of hydrogen-bond acceptors (Lipinski definition) is 5. The summed E-state index contributed by atoms with van der Waals surface area (Å²) in [5.74, 6) is 0.480. The normalized spacial score (nSPS) is 19.2. The van der Waals surface area contributed by atoms with Crippen LogP contribution in [0, 0.1) is 0 Å². The number of carbonyl (C=O) groups is 2. The number of amides is 2. The molecule has 1 heterocycles. The smallest absolute Gasteiger partial charge is 0.293 e. The Balaban J connectivity index is 1.49. The zero-order valence-corrected chi connectivity index (χ0v) is 17.5. The van der Waals surface area contributed by atoms with E-state index in [0.717, 1.165) is 35.9 Å². The first kappa shape index (κ1) is 20.7. The molecule has 0 atom stereocenters. The van der Waals surface area contributed by atoms with Crippen molar-refractivity contribution < 1.29 is 14.3 Å². The van der Waals surface area contributed by atoms with Crippen LogP contribution in [0.3, 0.4) is 0 Å². The molecule has 3 rings (SSSR count). The van der Waals surface area contributed by atoms with Gasteiger partial charge >= 0.3 is 0 Å². The summed E-state index contributed by atoms with van der Waals surface area (Å²) in [6.45, 7) is 0.726. The number of thioether (sulfide) groups is 1. The van der Waals surface area contributed by atoms with E-state index in [9.17, 15) is 9.59 Å². The van der Waals surface area contributed by atoms with Gasteiger partial charge < -0.3 is 15.4 Å². The first-order valence-electron chi connectivity index (χ1n) is 9.50. The van der Waals surface area contributed by atoms with Crippen molar-refractivity contribution in [3.8, 4) is 5.75 Å². The topological polar surface area (TPSA) is 70.7 Å². The highest BCUT2D eigenvalue weighted by Gasteiger charge is 2.34. The van der Waals surface area contributed by atoms with Crippen LogP contribution in [0.15, 0.2) is 29.2 Å². The number of rotatable bonds is 6. The van der Waals surface area contributed by atoms with Crippen molar-refractivity contribution in [1.82, 2.24) is 15.5 Å². The Kier molecular flexibility index (Phi) is 7.33. The molecule has 2 N–H and O–H groups in total. The molecule has 1 aliphatic carbocycles. The van der Waals surface area contributed by atoms with Gasteiger partial charge in [0.1, 0.15) is 5.75 Å². The Bertz CT molecular complexity index is 758. The molecular formula is C20H25N3O3S2. The van der Waals surface area contributed by atoms with Gasteiger partial charge in [0.15, 0.2) is 5.11 Å². The largest absolute Gasteiger partial charge is 0.497 e. The molecule has 0 unspecified atom stereocenters. The minimum absolute atomic E-state index is 0.252. The molecule has 2 aliphatic rings. The molecule has 1 saturated carbocycles. The van der Waals surface area contributed by atoms with Crippen molar-refractivity contribution in [3.05, 3.63) is 34.7 Å². The summed E-state index contributed by atoms with van der Waals surface area (Å²) in [5.41, 5.74) is 0.849. The van der Waals surface area contributed by atoms with Crippen molar-refractivity contribution in [2.75, 3.05) is 20.2 Å². The van der Waals surface area contributed by atoms with E-state index < -0.39 is 0 Å². The molecule has 1 saturated heterocycles. The second-order valence-corrected chi connectivity index (χ2v) is 8.24. The maximum absolute atomic E-state index is 12.6. The number of methoxy groups -OCH3 is 1. The Hall–Kier alpha value is -2.06. The van der Waals surface area contributed by atoms with Crippen molar-refractivity contribution in [1.29, 1.82) is 0 Å². The molecule has 1 aromatic rings. The highest BCUT2D eigenvalue weighted by molar-refractivity contribution is 8.18. The fourth-order valence-corrected chi connectivity index (χ4v) is 4.44. The standard InChI is InChI=1S/C20H25N3O3S2/c1-26-16-9-7-14(8-10-16)13-17-18(24)23(20(25)28-17)12-11-21-19(27)22-15-5-3-2-4-6-15/h7-10,13,15H,2-6,11-12H2,1H3,(H2,21,22,27)/b17-13-. The number of nitrogens with one attached hydrogen (secondary N) is 2. The molecule has 0 aromatic heterocycles. The second-order valence-electron chi connectivity index (χ2n) is 6.84. The summed E-state index contributed by atoms with van der Waals surface area (Å²) in [5, 5.41) is 6.77. The molecule has 0 spiro atoms. The lowest BCUT2D eigenvalue weighted by Gasteiger charge is -2.24. The van der Waals surface area contributed by atoms with Gasteiger partial charge in [-0.1, -0.05) is 31.4 Å². The number of nitrogens with zero attached hydrogens (tertiary/aromatic N) is 1. The quantitative estimate of drug-likeness (QED) is 0.540. The maximum atomic E-state index is 12.6. The van der Waals surface area contributed by atoms with Crippen molar-refractivity contribution >= 4 is 46.3 Å². The monoisotopic (exact) mass is 419 g/mol. The van der Waals surface area contributed by atoms with Gasteiger partial charge in [0.25, 0.3) is 11.1 Å². The highest BCUT2D eigenvalue weighted by Crippen LogP contribution is 2.32. The Morgan fingerprint density at radius 1 is 1.25 bits per heavy atom. The van der Waals surface area contributed by atoms with Crippen LogP contribution in [0.1, 0.15) is 37.7 Å². The minimum atomic E-state index is -0.265. The summed E-state index contributed by atoms with van der Waals surface area (Å²) >= 11 is 6.29. The van der Waals surface area contributed by atoms with Crippen LogP contribution in [0.25, 0.3) is 6.08 Å². The fraction of sp³-hybridized carbons (Fsp3) is 0.450. The van der Waals surface area contributed by atoms with Crippen molar-refractivity contribution in [3.63, 3.8) is 0 Å². The number of carbonyl (C=O) groups excluding carboxylic acids is 2. The van der Waals surface area contributed by atoms with Crippen molar-refractivity contribution in [2.24, 2.45) is 0 Å². The fourth-order valence-electron chi connectivity index (χ4n) is 3.31. The van der Waals surface area contributed by atoms with E-state index >= 15 is 0 Å². The summed E-state index contributed by atoms with van der Waals surface area (Å²) in [7, 11) is 1.60. The average Bonchev–Trinajstić information content (AvgIpc) is 2.96. The molecule has 1 aliphatic heterocycles. The van der Waals surface area contributed by atoms with E-state index in [4.69, 9.17) is 17.0 Å². The molecule has 0 bridgehead atoms. The number of hydrogen-bond donors (Lipinski definition) is 2. The lowest BCUT2D eigenvalue weighted by molar-refractivity contribution is -0.122. The molecule has 28 heavy (non-hydrogen) atoms. The molecule has 6 nitrogen and oxygen atoms in total. The van der Waals surface area contributed by atoms with E-state index in [1.807, 2.05) is 24.3 Å². The third-order valence-corrected chi connectivity index (χ3v) is 6.02. The van der Waals surface area contributed by atoms with Crippen LogP contribution < -0.4 is 15.4 Å². The summed E-state index contributed by atoms with van der Waals surface area (Å²) < 4.78 is 5.13. The Morgan fingerprint density at radius 3 is 2.64 bits per heavy atom. The van der Waals surface area contributed by atoms with Crippen LogP contribution in [0.5, 0.6) is 5.75 Å². The SMILES string of the molecule is COc1ccc(/C=C2\SC(=O)N(CCNC(=S)NC3CCCCC3)C2=O)cc1. The zero-order chi connectivity index (χ0) is 19.9. The van der Waals surface area contributed by atoms with Gasteiger partial charge in [-0.05, 0) is 60.6 Å². The molecule has 0 radical (unpaired) electrons. The highest BCUT2D eigenvalue weighted by atomic mass is 32.2. The second kappa shape index (κ2) is 9.93. The third kappa shape index (κ3) is 5.48. The molecule has 150 valence electrons. The molecular weight excluding hydrogens is 394 g/mol. The summed E-state index contributed by atoms with van der Waals surface area (Å²) in [6.07, 6.45) is 7.77. The van der Waals surface area contributed by atoms with Gasteiger partial charge in [-0.3, -0.25) is 14.5 Å². The van der Waals surface area contributed by atoms with Crippen LogP contribution in [-0.4, -0.2) is 47.4 Å². The van der Waals surface area contributed by atoms with Gasteiger partial charge in [-0.25, -0.2) is 0 Å². The Morgan fingerprint density at radius 2 is 1.96 bits per heavy atom.